The third-order valence-corrected chi connectivity index (χ3v) is 4.85. The predicted molar refractivity (Wildman–Crippen MR) is 100 cm³/mol. The number of likely N-dealkylation sites (tertiary alicyclic amines) is 1. The highest BCUT2D eigenvalue weighted by atomic mass is 35.5. The molecule has 2 aromatic rings. The van der Waals surface area contributed by atoms with Gasteiger partial charge in [0.15, 0.2) is 0 Å². The van der Waals surface area contributed by atoms with Crippen molar-refractivity contribution in [3.63, 3.8) is 0 Å². The molecule has 136 valence electrons. The van der Waals surface area contributed by atoms with Crippen LogP contribution in [0.2, 0.25) is 5.02 Å². The van der Waals surface area contributed by atoms with Crippen LogP contribution in [0.1, 0.15) is 34.8 Å². The lowest BCUT2D eigenvalue weighted by Crippen LogP contribution is -2.37. The van der Waals surface area contributed by atoms with E-state index in [1.807, 2.05) is 24.3 Å². The fourth-order valence-corrected chi connectivity index (χ4v) is 3.53. The number of carbonyl (C=O) groups excluding carboxylic acids is 1. The number of nitrogens with zero attached hydrogens (tertiary/aromatic N) is 2. The summed E-state index contributed by atoms with van der Waals surface area (Å²) in [6.07, 6.45) is 2.24. The molecule has 0 bridgehead atoms. The number of amides is 1. The Morgan fingerprint density at radius 3 is 2.62 bits per heavy atom. The zero-order chi connectivity index (χ0) is 18.5. The van der Waals surface area contributed by atoms with Crippen LogP contribution in [-0.2, 0) is 0 Å². The van der Waals surface area contributed by atoms with Crippen LogP contribution >= 0.6 is 11.6 Å². The monoisotopic (exact) mass is 373 g/mol. The largest absolute Gasteiger partial charge is 0.350 e. The Bertz CT molecular complexity index is 806. The van der Waals surface area contributed by atoms with Crippen LogP contribution in [-0.4, -0.2) is 35.4 Å². The van der Waals surface area contributed by atoms with E-state index in [0.717, 1.165) is 31.5 Å². The topological polar surface area (TPSA) is 75.5 Å². The van der Waals surface area contributed by atoms with E-state index in [4.69, 9.17) is 11.6 Å². The standard InChI is InChI=1S/C19H20ClN3O3/c20-15-7-5-6-14(12-15)18(22-10-3-4-11-22)13-21-19(24)16-8-1-2-9-17(16)23(25)26/h1-2,5-9,12,18H,3-4,10-11,13H2,(H,21,24). The minimum atomic E-state index is -0.538. The first-order valence-corrected chi connectivity index (χ1v) is 8.95. The van der Waals surface area contributed by atoms with Gasteiger partial charge in [0.25, 0.3) is 11.6 Å². The van der Waals surface area contributed by atoms with E-state index in [1.54, 1.807) is 12.1 Å². The number of hydrogen-bond donors (Lipinski definition) is 1. The summed E-state index contributed by atoms with van der Waals surface area (Å²) in [4.78, 5) is 25.4. The van der Waals surface area contributed by atoms with Gasteiger partial charge in [0.2, 0.25) is 0 Å². The Labute approximate surface area is 156 Å². The summed E-state index contributed by atoms with van der Waals surface area (Å²) < 4.78 is 0. The van der Waals surface area contributed by atoms with Crippen molar-refractivity contribution in [2.45, 2.75) is 18.9 Å². The van der Waals surface area contributed by atoms with Gasteiger partial charge in [0.05, 0.1) is 11.0 Å². The highest BCUT2D eigenvalue weighted by Gasteiger charge is 2.25. The number of hydrogen-bond acceptors (Lipinski definition) is 4. The molecular formula is C19H20ClN3O3. The Morgan fingerprint density at radius 2 is 1.92 bits per heavy atom. The smallest absolute Gasteiger partial charge is 0.282 e. The van der Waals surface area contributed by atoms with Crippen molar-refractivity contribution in [3.05, 3.63) is 74.8 Å². The van der Waals surface area contributed by atoms with E-state index in [2.05, 4.69) is 10.2 Å². The highest BCUT2D eigenvalue weighted by molar-refractivity contribution is 6.30. The molecule has 1 atom stereocenters. The van der Waals surface area contributed by atoms with Crippen molar-refractivity contribution in [1.82, 2.24) is 10.2 Å². The lowest BCUT2D eigenvalue weighted by atomic mass is 10.0. The van der Waals surface area contributed by atoms with Gasteiger partial charge in [-0.2, -0.15) is 0 Å². The summed E-state index contributed by atoms with van der Waals surface area (Å²) in [6, 6.07) is 13.6. The van der Waals surface area contributed by atoms with Gasteiger partial charge in [-0.3, -0.25) is 19.8 Å². The number of nitrogens with one attached hydrogen (secondary N) is 1. The van der Waals surface area contributed by atoms with Gasteiger partial charge in [-0.25, -0.2) is 0 Å². The quantitative estimate of drug-likeness (QED) is 0.617. The molecule has 1 saturated heterocycles. The Morgan fingerprint density at radius 1 is 1.19 bits per heavy atom. The average molecular weight is 374 g/mol. The first-order valence-electron chi connectivity index (χ1n) is 8.57. The molecular weight excluding hydrogens is 354 g/mol. The molecule has 0 radical (unpaired) electrons. The lowest BCUT2D eigenvalue weighted by Gasteiger charge is -2.28. The molecule has 1 fully saturated rings. The number of rotatable bonds is 6. The molecule has 2 aromatic carbocycles. The molecule has 1 aliphatic rings. The zero-order valence-corrected chi connectivity index (χ0v) is 15.0. The van der Waals surface area contributed by atoms with E-state index in [-0.39, 0.29) is 17.3 Å². The molecule has 1 unspecified atom stereocenters. The molecule has 1 N–H and O–H groups in total. The van der Waals surface area contributed by atoms with E-state index >= 15 is 0 Å². The first-order chi connectivity index (χ1) is 12.6. The lowest BCUT2D eigenvalue weighted by molar-refractivity contribution is -0.385. The summed E-state index contributed by atoms with van der Waals surface area (Å²) in [5.41, 5.74) is 0.913. The Hall–Kier alpha value is -2.44. The van der Waals surface area contributed by atoms with Gasteiger partial charge < -0.3 is 5.32 Å². The van der Waals surface area contributed by atoms with Crippen LogP contribution in [0, 0.1) is 10.1 Å². The third kappa shape index (κ3) is 4.20. The molecule has 0 aromatic heterocycles. The molecule has 6 nitrogen and oxygen atoms in total. The van der Waals surface area contributed by atoms with E-state index in [0.29, 0.717) is 11.6 Å². The SMILES string of the molecule is O=C(NCC(c1cccc(Cl)c1)N1CCCC1)c1ccccc1[N+](=O)[O-]. The summed E-state index contributed by atoms with van der Waals surface area (Å²) in [6.45, 7) is 2.28. The van der Waals surface area contributed by atoms with Crippen LogP contribution in [0.25, 0.3) is 0 Å². The van der Waals surface area contributed by atoms with Gasteiger partial charge in [0.1, 0.15) is 5.56 Å². The minimum Gasteiger partial charge on any atom is -0.350 e. The third-order valence-electron chi connectivity index (χ3n) is 4.62. The maximum Gasteiger partial charge on any atom is 0.282 e. The summed E-state index contributed by atoms with van der Waals surface area (Å²) in [7, 11) is 0. The zero-order valence-electron chi connectivity index (χ0n) is 14.2. The molecule has 3 rings (SSSR count). The average Bonchev–Trinajstić information content (AvgIpc) is 3.16. The van der Waals surface area contributed by atoms with E-state index < -0.39 is 10.8 Å². The van der Waals surface area contributed by atoms with Crippen molar-refractivity contribution in [1.29, 1.82) is 0 Å². The summed E-state index contributed by atoms with van der Waals surface area (Å²) >= 11 is 6.13. The van der Waals surface area contributed by atoms with Gasteiger partial charge in [-0.05, 0) is 49.7 Å². The van der Waals surface area contributed by atoms with E-state index in [1.165, 1.54) is 12.1 Å². The van der Waals surface area contributed by atoms with Crippen LogP contribution in [0.3, 0.4) is 0 Å². The second-order valence-electron chi connectivity index (χ2n) is 6.30. The van der Waals surface area contributed by atoms with Gasteiger partial charge in [-0.15, -0.1) is 0 Å². The Kier molecular flexibility index (Phi) is 5.85. The van der Waals surface area contributed by atoms with Crippen LogP contribution in [0.15, 0.2) is 48.5 Å². The van der Waals surface area contributed by atoms with Gasteiger partial charge >= 0.3 is 0 Å². The van der Waals surface area contributed by atoms with Crippen molar-refractivity contribution in [3.8, 4) is 0 Å². The normalized spacial score (nSPS) is 15.6. The Balaban J connectivity index is 1.78. The van der Waals surface area contributed by atoms with Gasteiger partial charge in [-0.1, -0.05) is 35.9 Å². The number of nitro benzene ring substituents is 1. The number of para-hydroxylation sites is 1. The summed E-state index contributed by atoms with van der Waals surface area (Å²) in [5, 5.41) is 14.6. The maximum atomic E-state index is 12.5. The van der Waals surface area contributed by atoms with Crippen molar-refractivity contribution >= 4 is 23.2 Å². The molecule has 26 heavy (non-hydrogen) atoms. The molecule has 1 heterocycles. The van der Waals surface area contributed by atoms with Gasteiger partial charge in [0, 0.05) is 17.6 Å². The number of nitro groups is 1. The van der Waals surface area contributed by atoms with Crippen molar-refractivity contribution in [2.24, 2.45) is 0 Å². The highest BCUT2D eigenvalue weighted by Crippen LogP contribution is 2.27. The fourth-order valence-electron chi connectivity index (χ4n) is 3.33. The van der Waals surface area contributed by atoms with Crippen molar-refractivity contribution < 1.29 is 9.72 Å². The minimum absolute atomic E-state index is 0.0112. The second-order valence-corrected chi connectivity index (χ2v) is 6.73. The van der Waals surface area contributed by atoms with Crippen LogP contribution in [0.5, 0.6) is 0 Å². The molecule has 0 aliphatic carbocycles. The summed E-state index contributed by atoms with van der Waals surface area (Å²) in [5.74, 6) is -0.441. The van der Waals surface area contributed by atoms with Crippen LogP contribution < -0.4 is 5.32 Å². The number of benzene rings is 2. The fraction of sp³-hybridized carbons (Fsp3) is 0.316. The molecule has 1 amide bonds. The van der Waals surface area contributed by atoms with Crippen LogP contribution in [0.4, 0.5) is 5.69 Å². The predicted octanol–water partition coefficient (Wildman–Crippen LogP) is 3.82. The number of carbonyl (C=O) groups is 1. The molecule has 0 spiro atoms. The molecule has 1 aliphatic heterocycles. The van der Waals surface area contributed by atoms with Crippen molar-refractivity contribution in [2.75, 3.05) is 19.6 Å². The number of halogens is 1. The second kappa shape index (κ2) is 8.29. The first kappa shape index (κ1) is 18.4. The molecule has 0 saturated carbocycles. The van der Waals surface area contributed by atoms with E-state index in [9.17, 15) is 14.9 Å². The molecule has 7 heteroatoms. The maximum absolute atomic E-state index is 12.5.